The molecule has 1 aliphatic rings. The van der Waals surface area contributed by atoms with Crippen LogP contribution in [0, 0.1) is 20.8 Å². The number of nitrogens with zero attached hydrogens (tertiary/aromatic N) is 5. The van der Waals surface area contributed by atoms with E-state index in [1.165, 1.54) is 0 Å². The summed E-state index contributed by atoms with van der Waals surface area (Å²) >= 11 is 0. The van der Waals surface area contributed by atoms with Gasteiger partial charge in [-0.3, -0.25) is 4.79 Å². The lowest BCUT2D eigenvalue weighted by molar-refractivity contribution is 0.0566. The highest BCUT2D eigenvalue weighted by Crippen LogP contribution is 2.32. The van der Waals surface area contributed by atoms with Gasteiger partial charge in [0.05, 0.1) is 36.9 Å². The highest BCUT2D eigenvalue weighted by atomic mass is 16.5. The van der Waals surface area contributed by atoms with Gasteiger partial charge in [0.1, 0.15) is 23.9 Å². The minimum atomic E-state index is -0.198. The van der Waals surface area contributed by atoms with Crippen molar-refractivity contribution in [2.24, 2.45) is 0 Å². The van der Waals surface area contributed by atoms with Crippen LogP contribution in [0.25, 0.3) is 16.8 Å². The molecule has 2 aromatic heterocycles. The van der Waals surface area contributed by atoms with Crippen molar-refractivity contribution >= 4 is 5.91 Å². The predicted octanol–water partition coefficient (Wildman–Crippen LogP) is 5.89. The Morgan fingerprint density at radius 3 is 2.56 bits per heavy atom. The second kappa shape index (κ2) is 13.4. The summed E-state index contributed by atoms with van der Waals surface area (Å²) in [6.45, 7) is 10.2. The topological polar surface area (TPSA) is 105 Å². The van der Waals surface area contributed by atoms with Gasteiger partial charge in [-0.05, 0) is 86.3 Å². The molecule has 0 radical (unpaired) electrons. The van der Waals surface area contributed by atoms with Crippen molar-refractivity contribution in [2.75, 3.05) is 33.0 Å². The molecule has 0 saturated heterocycles. The summed E-state index contributed by atoms with van der Waals surface area (Å²) in [7, 11) is 0. The molecule has 0 fully saturated rings. The van der Waals surface area contributed by atoms with Gasteiger partial charge in [-0.25, -0.2) is 4.68 Å². The quantitative estimate of drug-likeness (QED) is 0.244. The highest BCUT2D eigenvalue weighted by Gasteiger charge is 2.24. The summed E-state index contributed by atoms with van der Waals surface area (Å²) in [5, 5.41) is 12.7. The van der Waals surface area contributed by atoms with Gasteiger partial charge in [0.15, 0.2) is 5.69 Å². The largest absolute Gasteiger partial charge is 0.494 e. The van der Waals surface area contributed by atoms with E-state index in [0.717, 1.165) is 56.5 Å². The van der Waals surface area contributed by atoms with E-state index in [-0.39, 0.29) is 5.91 Å². The van der Waals surface area contributed by atoms with Crippen LogP contribution in [0.3, 0.4) is 0 Å². The Morgan fingerprint density at radius 2 is 1.78 bits per heavy atom. The Labute approximate surface area is 262 Å². The number of carbonyl (C=O) groups is 1. The first-order valence-corrected chi connectivity index (χ1v) is 15.2. The smallest absolute Gasteiger partial charge is 0.276 e. The Hall–Kier alpha value is -4.96. The zero-order chi connectivity index (χ0) is 31.3. The minimum Gasteiger partial charge on any atom is -0.494 e. The summed E-state index contributed by atoms with van der Waals surface area (Å²) < 4.78 is 24.8. The maximum absolute atomic E-state index is 13.9. The molecule has 2 bridgehead atoms. The van der Waals surface area contributed by atoms with Gasteiger partial charge in [-0.2, -0.15) is 0 Å². The molecule has 6 rings (SSSR count). The van der Waals surface area contributed by atoms with Gasteiger partial charge in [0, 0.05) is 25.1 Å². The second-order valence-corrected chi connectivity index (χ2v) is 11.1. The van der Waals surface area contributed by atoms with Crippen molar-refractivity contribution in [3.05, 3.63) is 106 Å². The highest BCUT2D eigenvalue weighted by molar-refractivity contribution is 5.93. The third-order valence-corrected chi connectivity index (χ3v) is 7.91. The molecule has 232 valence electrons. The summed E-state index contributed by atoms with van der Waals surface area (Å²) in [5.41, 5.74) is 7.84. The third kappa shape index (κ3) is 6.61. The number of fused-ring (bicyclic) bond motifs is 3. The zero-order valence-electron chi connectivity index (χ0n) is 26.1. The van der Waals surface area contributed by atoms with E-state index in [4.69, 9.17) is 18.7 Å². The molecule has 0 atom stereocenters. The summed E-state index contributed by atoms with van der Waals surface area (Å²) in [6.07, 6.45) is 0.657. The maximum atomic E-state index is 13.9. The van der Waals surface area contributed by atoms with E-state index >= 15 is 0 Å². The van der Waals surface area contributed by atoms with E-state index < -0.39 is 0 Å². The molecule has 0 spiro atoms. The molecule has 1 amide bonds. The Morgan fingerprint density at radius 1 is 0.956 bits per heavy atom. The standard InChI is InChI=1S/C35H37N5O5/c1-5-43-31-12-10-30(11-13-31)40-24(3)34(36-38-40)35(41)39-15-16-42-17-18-44-32-14-9-28(33-23(2)37-45-25(33)4)21-29(32)20-26-7-6-8-27(19-26)22-39/h6-14,19,21H,5,15-18,20,22H2,1-4H3. The van der Waals surface area contributed by atoms with Gasteiger partial charge in [-0.1, -0.05) is 40.7 Å². The van der Waals surface area contributed by atoms with Crippen molar-refractivity contribution in [3.63, 3.8) is 0 Å². The predicted molar refractivity (Wildman–Crippen MR) is 169 cm³/mol. The fourth-order valence-corrected chi connectivity index (χ4v) is 5.70. The molecule has 10 nitrogen and oxygen atoms in total. The monoisotopic (exact) mass is 607 g/mol. The number of benzene rings is 3. The van der Waals surface area contributed by atoms with Crippen molar-refractivity contribution < 1.29 is 23.5 Å². The van der Waals surface area contributed by atoms with E-state index in [1.54, 1.807) is 9.58 Å². The lowest BCUT2D eigenvalue weighted by Gasteiger charge is -2.23. The lowest BCUT2D eigenvalue weighted by atomic mass is 9.96. The van der Waals surface area contributed by atoms with Crippen LogP contribution in [0.2, 0.25) is 0 Å². The molecule has 0 aliphatic carbocycles. The Balaban J connectivity index is 1.27. The summed E-state index contributed by atoms with van der Waals surface area (Å²) in [5.74, 6) is 2.18. The molecule has 5 aromatic rings. The number of amides is 1. The van der Waals surface area contributed by atoms with E-state index in [1.807, 2.05) is 76.2 Å². The minimum absolute atomic E-state index is 0.198. The lowest BCUT2D eigenvalue weighted by Crippen LogP contribution is -2.34. The molecular formula is C35H37N5O5. The van der Waals surface area contributed by atoms with Crippen molar-refractivity contribution in [2.45, 2.75) is 40.7 Å². The second-order valence-electron chi connectivity index (χ2n) is 11.1. The van der Waals surface area contributed by atoms with Crippen LogP contribution >= 0.6 is 0 Å². The van der Waals surface area contributed by atoms with Gasteiger partial charge < -0.3 is 23.6 Å². The zero-order valence-corrected chi connectivity index (χ0v) is 26.1. The number of aromatic nitrogens is 4. The number of hydrogen-bond donors (Lipinski definition) is 0. The van der Waals surface area contributed by atoms with Crippen LogP contribution in [0.1, 0.15) is 51.3 Å². The molecule has 3 aromatic carbocycles. The molecule has 3 heterocycles. The fourth-order valence-electron chi connectivity index (χ4n) is 5.70. The molecule has 0 N–H and O–H groups in total. The van der Waals surface area contributed by atoms with Crippen LogP contribution in [0.15, 0.2) is 71.3 Å². The van der Waals surface area contributed by atoms with Crippen LogP contribution in [0.4, 0.5) is 0 Å². The Bertz CT molecular complexity index is 1770. The first-order valence-electron chi connectivity index (χ1n) is 15.2. The normalized spacial score (nSPS) is 13.9. The van der Waals surface area contributed by atoms with Crippen molar-refractivity contribution in [3.8, 4) is 28.3 Å². The van der Waals surface area contributed by atoms with Gasteiger partial charge in [0.2, 0.25) is 0 Å². The van der Waals surface area contributed by atoms with Crippen LogP contribution in [-0.2, 0) is 17.7 Å². The van der Waals surface area contributed by atoms with Gasteiger partial charge in [0.25, 0.3) is 5.91 Å². The van der Waals surface area contributed by atoms with Crippen molar-refractivity contribution in [1.82, 2.24) is 25.1 Å². The van der Waals surface area contributed by atoms with Gasteiger partial charge in [-0.15, -0.1) is 5.10 Å². The molecule has 0 unspecified atom stereocenters. The van der Waals surface area contributed by atoms with Crippen molar-refractivity contribution in [1.29, 1.82) is 0 Å². The van der Waals surface area contributed by atoms with Crippen LogP contribution < -0.4 is 9.47 Å². The maximum Gasteiger partial charge on any atom is 0.276 e. The number of hydrogen-bond acceptors (Lipinski definition) is 8. The average Bonchev–Trinajstić information content (AvgIpc) is 3.59. The number of ether oxygens (including phenoxy) is 3. The SMILES string of the molecule is CCOc1ccc(-n2nnc(C(=O)N3CCOCCOc4ccc(-c5c(C)noc5C)cc4Cc4cccc(c4)C3)c2C)cc1. The fraction of sp³-hybridized carbons (Fsp3) is 0.314. The first-order chi connectivity index (χ1) is 21.9. The Kier molecular flexibility index (Phi) is 8.93. The molecule has 0 saturated carbocycles. The molecule has 45 heavy (non-hydrogen) atoms. The number of carbonyl (C=O) groups excluding carboxylic acids is 1. The van der Waals surface area contributed by atoms with Crippen LogP contribution in [-0.4, -0.2) is 63.9 Å². The molecule has 1 aliphatic heterocycles. The van der Waals surface area contributed by atoms with Gasteiger partial charge >= 0.3 is 0 Å². The van der Waals surface area contributed by atoms with Crippen LogP contribution in [0.5, 0.6) is 11.5 Å². The van der Waals surface area contributed by atoms with E-state index in [2.05, 4.69) is 33.7 Å². The number of aryl methyl sites for hydroxylation is 2. The number of rotatable bonds is 5. The average molecular weight is 608 g/mol. The first kappa shape index (κ1) is 30.1. The third-order valence-electron chi connectivity index (χ3n) is 7.91. The molecular weight excluding hydrogens is 570 g/mol. The van der Waals surface area contributed by atoms with E-state index in [0.29, 0.717) is 57.3 Å². The molecule has 10 heteroatoms. The summed E-state index contributed by atoms with van der Waals surface area (Å²) in [4.78, 5) is 15.7. The summed E-state index contributed by atoms with van der Waals surface area (Å²) in [6, 6.07) is 22.1. The van der Waals surface area contributed by atoms with E-state index in [9.17, 15) is 4.79 Å².